The number of hydrogen-bond acceptors (Lipinski definition) is 4. The molecule has 2 rings (SSSR count). The van der Waals surface area contributed by atoms with Crippen molar-refractivity contribution in [1.29, 1.82) is 0 Å². The lowest BCUT2D eigenvalue weighted by atomic mass is 10.1. The molecule has 1 atom stereocenters. The van der Waals surface area contributed by atoms with Gasteiger partial charge in [0, 0.05) is 6.04 Å². The normalized spacial score (nSPS) is 12.1. The third-order valence-corrected chi connectivity index (χ3v) is 3.71. The van der Waals surface area contributed by atoms with Crippen LogP contribution in [0.1, 0.15) is 28.5 Å². The summed E-state index contributed by atoms with van der Waals surface area (Å²) in [4.78, 5) is 11.2. The standard InChI is InChI=1S/C14H16N2O2S/c1-9(8-11-6-4-3-5-7-11)15-13-12(14(17)18)10(2)16-19-13/h3-7,9,15H,8H2,1-2H3,(H,17,18). The average Bonchev–Trinajstić information content (AvgIpc) is 2.71. The fraction of sp³-hybridized carbons (Fsp3) is 0.286. The van der Waals surface area contributed by atoms with Gasteiger partial charge in [0.2, 0.25) is 0 Å². The van der Waals surface area contributed by atoms with Gasteiger partial charge in [-0.05, 0) is 37.4 Å². The molecule has 2 aromatic rings. The largest absolute Gasteiger partial charge is 0.478 e. The number of carbonyl (C=O) groups is 1. The highest BCUT2D eigenvalue weighted by molar-refractivity contribution is 7.10. The van der Waals surface area contributed by atoms with Gasteiger partial charge in [-0.1, -0.05) is 30.3 Å². The van der Waals surface area contributed by atoms with Gasteiger partial charge in [-0.15, -0.1) is 0 Å². The molecule has 0 bridgehead atoms. The van der Waals surface area contributed by atoms with Gasteiger partial charge in [-0.3, -0.25) is 0 Å². The van der Waals surface area contributed by atoms with E-state index in [9.17, 15) is 4.79 Å². The van der Waals surface area contributed by atoms with Crippen LogP contribution in [0.3, 0.4) is 0 Å². The van der Waals surface area contributed by atoms with Crippen LogP contribution in [0.5, 0.6) is 0 Å². The summed E-state index contributed by atoms with van der Waals surface area (Å²) in [6.07, 6.45) is 0.844. The molecular weight excluding hydrogens is 260 g/mol. The van der Waals surface area contributed by atoms with Gasteiger partial charge in [0.15, 0.2) is 0 Å². The number of hydrogen-bond donors (Lipinski definition) is 2. The van der Waals surface area contributed by atoms with Gasteiger partial charge in [0.05, 0.1) is 5.69 Å². The van der Waals surface area contributed by atoms with E-state index in [1.165, 1.54) is 17.1 Å². The number of aromatic carboxylic acids is 1. The number of nitrogens with one attached hydrogen (secondary N) is 1. The Labute approximate surface area is 116 Å². The predicted molar refractivity (Wildman–Crippen MR) is 77.0 cm³/mol. The molecule has 19 heavy (non-hydrogen) atoms. The van der Waals surface area contributed by atoms with Gasteiger partial charge in [-0.25, -0.2) is 4.79 Å². The molecule has 0 amide bonds. The number of carboxylic acids is 1. The lowest BCUT2D eigenvalue weighted by Crippen LogP contribution is -2.19. The maximum absolute atomic E-state index is 11.2. The molecule has 100 valence electrons. The van der Waals surface area contributed by atoms with Crippen LogP contribution in [0.4, 0.5) is 5.00 Å². The number of benzene rings is 1. The zero-order valence-corrected chi connectivity index (χ0v) is 11.7. The lowest BCUT2D eigenvalue weighted by Gasteiger charge is -2.14. The molecule has 1 aromatic heterocycles. The van der Waals surface area contributed by atoms with Gasteiger partial charge in [-0.2, -0.15) is 4.37 Å². The van der Waals surface area contributed by atoms with Crippen molar-refractivity contribution in [3.05, 3.63) is 47.2 Å². The summed E-state index contributed by atoms with van der Waals surface area (Å²) in [5.41, 5.74) is 2.07. The lowest BCUT2D eigenvalue weighted by molar-refractivity contribution is 0.0697. The van der Waals surface area contributed by atoms with E-state index >= 15 is 0 Å². The monoisotopic (exact) mass is 276 g/mol. The smallest absolute Gasteiger partial charge is 0.340 e. The summed E-state index contributed by atoms with van der Waals surface area (Å²) in [6, 6.07) is 10.3. The molecule has 5 heteroatoms. The molecule has 0 spiro atoms. The van der Waals surface area contributed by atoms with Crippen molar-refractivity contribution in [3.8, 4) is 0 Å². The van der Waals surface area contributed by atoms with Crippen molar-refractivity contribution < 1.29 is 9.90 Å². The fourth-order valence-electron chi connectivity index (χ4n) is 1.96. The number of rotatable bonds is 5. The van der Waals surface area contributed by atoms with Gasteiger partial charge >= 0.3 is 5.97 Å². The van der Waals surface area contributed by atoms with Crippen molar-refractivity contribution in [2.24, 2.45) is 0 Å². The first-order chi connectivity index (χ1) is 9.08. The molecule has 0 aliphatic carbocycles. The highest BCUT2D eigenvalue weighted by atomic mass is 32.1. The van der Waals surface area contributed by atoms with Crippen LogP contribution in [0.25, 0.3) is 0 Å². The number of nitrogens with zero attached hydrogens (tertiary/aromatic N) is 1. The molecule has 0 radical (unpaired) electrons. The van der Waals surface area contributed by atoms with Crippen LogP contribution in [0.2, 0.25) is 0 Å². The van der Waals surface area contributed by atoms with E-state index in [-0.39, 0.29) is 11.6 Å². The molecule has 1 aromatic carbocycles. The van der Waals surface area contributed by atoms with Crippen LogP contribution in [-0.2, 0) is 6.42 Å². The van der Waals surface area contributed by atoms with Crippen LogP contribution in [-0.4, -0.2) is 21.5 Å². The van der Waals surface area contributed by atoms with E-state index in [1.807, 2.05) is 25.1 Å². The van der Waals surface area contributed by atoms with E-state index in [0.29, 0.717) is 10.7 Å². The van der Waals surface area contributed by atoms with Crippen molar-refractivity contribution in [1.82, 2.24) is 4.37 Å². The van der Waals surface area contributed by atoms with Crippen LogP contribution in [0, 0.1) is 6.92 Å². The molecule has 0 saturated heterocycles. The van der Waals surface area contributed by atoms with Crippen LogP contribution < -0.4 is 5.32 Å². The Hall–Kier alpha value is -1.88. The third kappa shape index (κ3) is 3.32. The predicted octanol–water partition coefficient (Wildman–Crippen LogP) is 3.19. The SMILES string of the molecule is Cc1nsc(NC(C)Cc2ccccc2)c1C(=O)O. The zero-order valence-electron chi connectivity index (χ0n) is 10.9. The average molecular weight is 276 g/mol. The first kappa shape index (κ1) is 13.5. The Bertz CT molecular complexity index is 566. The second-order valence-corrected chi connectivity index (χ2v) is 5.29. The molecule has 0 fully saturated rings. The van der Waals surface area contributed by atoms with Crippen LogP contribution in [0.15, 0.2) is 30.3 Å². The second kappa shape index (κ2) is 5.84. The zero-order chi connectivity index (χ0) is 13.8. The molecule has 0 aliphatic rings. The van der Waals surface area contributed by atoms with Crippen LogP contribution >= 0.6 is 11.5 Å². The molecular formula is C14H16N2O2S. The molecule has 2 N–H and O–H groups in total. The Balaban J connectivity index is 2.07. The first-order valence-electron chi connectivity index (χ1n) is 6.08. The van der Waals surface area contributed by atoms with E-state index < -0.39 is 5.97 Å². The number of aromatic nitrogens is 1. The van der Waals surface area contributed by atoms with Crippen molar-refractivity contribution in [2.45, 2.75) is 26.3 Å². The Kier molecular flexibility index (Phi) is 4.16. The van der Waals surface area contributed by atoms with E-state index in [2.05, 4.69) is 21.8 Å². The summed E-state index contributed by atoms with van der Waals surface area (Å²) >= 11 is 1.20. The third-order valence-electron chi connectivity index (χ3n) is 2.84. The second-order valence-electron chi connectivity index (χ2n) is 4.51. The minimum atomic E-state index is -0.930. The highest BCUT2D eigenvalue weighted by Gasteiger charge is 2.18. The molecule has 1 heterocycles. The summed E-state index contributed by atoms with van der Waals surface area (Å²) in [7, 11) is 0. The minimum Gasteiger partial charge on any atom is -0.478 e. The Morgan fingerprint density at radius 1 is 1.42 bits per heavy atom. The highest BCUT2D eigenvalue weighted by Crippen LogP contribution is 2.25. The summed E-state index contributed by atoms with van der Waals surface area (Å²) in [5, 5.41) is 13.0. The number of aryl methyl sites for hydroxylation is 1. The van der Waals surface area contributed by atoms with Gasteiger partial charge in [0.25, 0.3) is 0 Å². The maximum Gasteiger partial charge on any atom is 0.340 e. The Morgan fingerprint density at radius 2 is 2.11 bits per heavy atom. The van der Waals surface area contributed by atoms with Gasteiger partial charge < -0.3 is 10.4 Å². The number of carboxylic acid groups (broad SMARTS) is 1. The quantitative estimate of drug-likeness (QED) is 0.880. The molecule has 4 nitrogen and oxygen atoms in total. The fourth-order valence-corrected chi connectivity index (χ4v) is 2.86. The topological polar surface area (TPSA) is 62.2 Å². The summed E-state index contributed by atoms with van der Waals surface area (Å²) < 4.78 is 4.10. The van der Waals surface area contributed by atoms with E-state index in [1.54, 1.807) is 6.92 Å². The first-order valence-corrected chi connectivity index (χ1v) is 6.85. The molecule has 1 unspecified atom stereocenters. The van der Waals surface area contributed by atoms with Crippen molar-refractivity contribution in [3.63, 3.8) is 0 Å². The van der Waals surface area contributed by atoms with E-state index in [0.717, 1.165) is 6.42 Å². The van der Waals surface area contributed by atoms with Crippen molar-refractivity contribution >= 4 is 22.5 Å². The maximum atomic E-state index is 11.2. The van der Waals surface area contributed by atoms with Crippen molar-refractivity contribution in [2.75, 3.05) is 5.32 Å². The summed E-state index contributed by atoms with van der Waals surface area (Å²) in [5.74, 6) is -0.930. The molecule has 0 saturated carbocycles. The number of anilines is 1. The molecule has 0 aliphatic heterocycles. The Morgan fingerprint density at radius 3 is 2.74 bits per heavy atom. The van der Waals surface area contributed by atoms with Gasteiger partial charge in [0.1, 0.15) is 10.6 Å². The van der Waals surface area contributed by atoms with E-state index in [4.69, 9.17) is 5.11 Å². The summed E-state index contributed by atoms with van der Waals surface area (Å²) in [6.45, 7) is 3.75. The minimum absolute atomic E-state index is 0.153.